The van der Waals surface area contributed by atoms with E-state index in [9.17, 15) is 9.59 Å². The number of carboxylic acids is 1. The summed E-state index contributed by atoms with van der Waals surface area (Å²) >= 11 is 0. The zero-order valence-electron chi connectivity index (χ0n) is 10.6. The topological polar surface area (TPSA) is 57.6 Å². The maximum absolute atomic E-state index is 10.7. The first-order valence-electron chi connectivity index (χ1n) is 6.08. The Bertz CT molecular complexity index is 387. The first-order valence-corrected chi connectivity index (χ1v) is 6.08. The predicted molar refractivity (Wildman–Crippen MR) is 69.9 cm³/mol. The molecule has 0 fully saturated rings. The number of nitrogens with zero attached hydrogens (tertiary/aromatic N) is 1. The molecule has 1 N–H and O–H groups in total. The number of aldehydes is 1. The first kappa shape index (κ1) is 14.4. The molecule has 1 rings (SSSR count). The van der Waals surface area contributed by atoms with Crippen LogP contribution in [0.3, 0.4) is 0 Å². The lowest BCUT2D eigenvalue weighted by Gasteiger charge is -2.15. The van der Waals surface area contributed by atoms with Crippen LogP contribution in [0.15, 0.2) is 24.3 Å². The predicted octanol–water partition coefficient (Wildman–Crippen LogP) is 1.84. The quantitative estimate of drug-likeness (QED) is 0.564. The molecule has 0 atom stereocenters. The Labute approximate surface area is 107 Å². The number of likely N-dealkylation sites (N-methyl/N-ethyl adjacent to an activating group) is 1. The highest BCUT2D eigenvalue weighted by Gasteiger charge is 2.03. The fraction of sp³-hybridized carbons (Fsp3) is 0.429. The van der Waals surface area contributed by atoms with Crippen molar-refractivity contribution < 1.29 is 14.7 Å². The Hall–Kier alpha value is -1.68. The summed E-state index contributed by atoms with van der Waals surface area (Å²) in [5, 5.41) is 8.78. The molecule has 0 aliphatic carbocycles. The van der Waals surface area contributed by atoms with E-state index >= 15 is 0 Å². The molecule has 1 aromatic carbocycles. The maximum atomic E-state index is 10.7. The second-order valence-electron chi connectivity index (χ2n) is 4.36. The highest BCUT2D eigenvalue weighted by Crippen LogP contribution is 2.06. The number of benzene rings is 1. The molecule has 0 aliphatic heterocycles. The number of aromatic carboxylic acids is 1. The Kier molecular flexibility index (Phi) is 6.08. The van der Waals surface area contributed by atoms with Gasteiger partial charge in [0.2, 0.25) is 0 Å². The minimum absolute atomic E-state index is 0.318. The number of hydrogen-bond donors (Lipinski definition) is 1. The highest BCUT2D eigenvalue weighted by atomic mass is 16.4. The summed E-state index contributed by atoms with van der Waals surface area (Å²) in [5.41, 5.74) is 1.44. The molecule has 4 heteroatoms. The van der Waals surface area contributed by atoms with E-state index in [1.807, 2.05) is 19.2 Å². The second kappa shape index (κ2) is 7.61. The molecule has 98 valence electrons. The van der Waals surface area contributed by atoms with E-state index in [0.717, 1.165) is 37.8 Å². The van der Waals surface area contributed by atoms with Gasteiger partial charge >= 0.3 is 5.97 Å². The van der Waals surface area contributed by atoms with E-state index in [1.54, 1.807) is 12.1 Å². The molecule has 1 aromatic rings. The van der Waals surface area contributed by atoms with Gasteiger partial charge in [-0.25, -0.2) is 4.79 Å². The first-order chi connectivity index (χ1) is 8.63. The van der Waals surface area contributed by atoms with E-state index in [2.05, 4.69) is 4.90 Å². The average molecular weight is 249 g/mol. The summed E-state index contributed by atoms with van der Waals surface area (Å²) in [6, 6.07) is 6.96. The molecule has 0 heterocycles. The lowest BCUT2D eigenvalue weighted by molar-refractivity contribution is -0.108. The molecule has 0 saturated heterocycles. The summed E-state index contributed by atoms with van der Waals surface area (Å²) in [6.07, 6.45) is 3.32. The molecule has 4 nitrogen and oxygen atoms in total. The Morgan fingerprint density at radius 1 is 1.28 bits per heavy atom. The van der Waals surface area contributed by atoms with Crippen molar-refractivity contribution in [3.05, 3.63) is 35.4 Å². The second-order valence-corrected chi connectivity index (χ2v) is 4.36. The maximum Gasteiger partial charge on any atom is 0.335 e. The van der Waals surface area contributed by atoms with Gasteiger partial charge in [0.25, 0.3) is 0 Å². The number of carboxylic acid groups (broad SMARTS) is 1. The van der Waals surface area contributed by atoms with Crippen LogP contribution in [-0.4, -0.2) is 42.4 Å². The molecule has 0 bridgehead atoms. The van der Waals surface area contributed by atoms with Crippen molar-refractivity contribution in [2.75, 3.05) is 20.1 Å². The van der Waals surface area contributed by atoms with E-state index in [0.29, 0.717) is 12.0 Å². The highest BCUT2D eigenvalue weighted by molar-refractivity contribution is 5.87. The summed E-state index contributed by atoms with van der Waals surface area (Å²) in [7, 11) is 2.02. The molecular weight excluding hydrogens is 230 g/mol. The standard InChI is InChI=1S/C14H19NO3/c1-15(9-2-3-11-16)10-8-12-4-6-13(7-5-12)14(17)18/h4-7,11H,2-3,8-10H2,1H3,(H,17,18). The third-order valence-corrected chi connectivity index (χ3v) is 2.84. The van der Waals surface area contributed by atoms with Gasteiger partial charge < -0.3 is 14.8 Å². The lowest BCUT2D eigenvalue weighted by Crippen LogP contribution is -2.22. The molecule has 0 saturated carbocycles. The van der Waals surface area contributed by atoms with Gasteiger partial charge in [-0.05, 0) is 44.1 Å². The fourth-order valence-electron chi connectivity index (χ4n) is 1.69. The average Bonchev–Trinajstić information content (AvgIpc) is 2.37. The van der Waals surface area contributed by atoms with Crippen molar-refractivity contribution in [1.29, 1.82) is 0 Å². The molecule has 0 radical (unpaired) electrons. The van der Waals surface area contributed by atoms with Crippen LogP contribution < -0.4 is 0 Å². The van der Waals surface area contributed by atoms with Gasteiger partial charge in [-0.3, -0.25) is 0 Å². The normalized spacial score (nSPS) is 10.6. The molecule has 0 spiro atoms. The monoisotopic (exact) mass is 249 g/mol. The summed E-state index contributed by atoms with van der Waals surface area (Å²) in [5.74, 6) is -0.896. The molecule has 0 aromatic heterocycles. The molecule has 0 amide bonds. The zero-order valence-corrected chi connectivity index (χ0v) is 10.6. The van der Waals surface area contributed by atoms with Crippen LogP contribution in [0.25, 0.3) is 0 Å². The largest absolute Gasteiger partial charge is 0.478 e. The van der Waals surface area contributed by atoms with E-state index < -0.39 is 5.97 Å². The Balaban J connectivity index is 2.34. The number of carbonyl (C=O) groups is 2. The van der Waals surface area contributed by atoms with Crippen molar-refractivity contribution in [3.8, 4) is 0 Å². The van der Waals surface area contributed by atoms with Crippen molar-refractivity contribution >= 4 is 12.3 Å². The molecule has 0 aliphatic rings. The van der Waals surface area contributed by atoms with Crippen LogP contribution >= 0.6 is 0 Å². The van der Waals surface area contributed by atoms with Gasteiger partial charge in [-0.15, -0.1) is 0 Å². The van der Waals surface area contributed by atoms with E-state index in [1.165, 1.54) is 0 Å². The third kappa shape index (κ3) is 5.10. The van der Waals surface area contributed by atoms with Crippen molar-refractivity contribution in [2.24, 2.45) is 0 Å². The Morgan fingerprint density at radius 3 is 2.50 bits per heavy atom. The van der Waals surface area contributed by atoms with Gasteiger partial charge in [-0.2, -0.15) is 0 Å². The third-order valence-electron chi connectivity index (χ3n) is 2.84. The van der Waals surface area contributed by atoms with Crippen LogP contribution in [0.2, 0.25) is 0 Å². The lowest BCUT2D eigenvalue weighted by atomic mass is 10.1. The number of hydrogen-bond acceptors (Lipinski definition) is 3. The minimum Gasteiger partial charge on any atom is -0.478 e. The molecule has 18 heavy (non-hydrogen) atoms. The van der Waals surface area contributed by atoms with E-state index in [-0.39, 0.29) is 0 Å². The number of carbonyl (C=O) groups excluding carboxylic acids is 1. The van der Waals surface area contributed by atoms with Gasteiger partial charge in [0.05, 0.1) is 5.56 Å². The van der Waals surface area contributed by atoms with Crippen LogP contribution in [0.1, 0.15) is 28.8 Å². The summed E-state index contributed by atoms with van der Waals surface area (Å²) in [6.45, 7) is 1.82. The Morgan fingerprint density at radius 2 is 1.94 bits per heavy atom. The molecular formula is C14H19NO3. The van der Waals surface area contributed by atoms with Gasteiger partial charge in [0, 0.05) is 13.0 Å². The van der Waals surface area contributed by atoms with Crippen molar-refractivity contribution in [1.82, 2.24) is 4.90 Å². The van der Waals surface area contributed by atoms with Gasteiger partial charge in [-0.1, -0.05) is 12.1 Å². The van der Waals surface area contributed by atoms with Crippen molar-refractivity contribution in [3.63, 3.8) is 0 Å². The minimum atomic E-state index is -0.896. The van der Waals surface area contributed by atoms with Crippen LogP contribution in [0, 0.1) is 0 Å². The van der Waals surface area contributed by atoms with E-state index in [4.69, 9.17) is 5.11 Å². The smallest absolute Gasteiger partial charge is 0.335 e. The van der Waals surface area contributed by atoms with Crippen LogP contribution in [0.4, 0.5) is 0 Å². The van der Waals surface area contributed by atoms with Gasteiger partial charge in [0.15, 0.2) is 0 Å². The van der Waals surface area contributed by atoms with Crippen LogP contribution in [0.5, 0.6) is 0 Å². The zero-order chi connectivity index (χ0) is 13.4. The molecule has 0 unspecified atom stereocenters. The SMILES string of the molecule is CN(CCCC=O)CCc1ccc(C(=O)O)cc1. The number of unbranched alkanes of at least 4 members (excludes halogenated alkanes) is 1. The van der Waals surface area contributed by atoms with Crippen LogP contribution in [-0.2, 0) is 11.2 Å². The summed E-state index contributed by atoms with van der Waals surface area (Å²) < 4.78 is 0. The fourth-order valence-corrected chi connectivity index (χ4v) is 1.69. The number of rotatable bonds is 8. The van der Waals surface area contributed by atoms with Gasteiger partial charge in [0.1, 0.15) is 6.29 Å². The summed E-state index contributed by atoms with van der Waals surface area (Å²) in [4.78, 5) is 23.0. The van der Waals surface area contributed by atoms with Crippen molar-refractivity contribution in [2.45, 2.75) is 19.3 Å².